The van der Waals surface area contributed by atoms with E-state index >= 15 is 0 Å². The van der Waals surface area contributed by atoms with E-state index in [1.165, 1.54) is 23.5 Å². The van der Waals surface area contributed by atoms with Gasteiger partial charge < -0.3 is 5.32 Å². The molecule has 0 saturated heterocycles. The predicted molar refractivity (Wildman–Crippen MR) is 78.2 cm³/mol. The minimum absolute atomic E-state index is 0.444. The molecule has 0 radical (unpaired) electrons. The smallest absolute Gasteiger partial charge is 0.0291 e. The molecule has 1 atom stereocenters. The highest BCUT2D eigenvalue weighted by molar-refractivity contribution is 9.10. The zero-order valence-corrected chi connectivity index (χ0v) is 12.4. The first kappa shape index (κ1) is 14.1. The molecule has 16 heavy (non-hydrogen) atoms. The molecule has 0 spiro atoms. The van der Waals surface area contributed by atoms with E-state index in [0.717, 1.165) is 11.0 Å². The highest BCUT2D eigenvalue weighted by atomic mass is 79.9. The van der Waals surface area contributed by atoms with Crippen molar-refractivity contribution < 1.29 is 0 Å². The van der Waals surface area contributed by atoms with Gasteiger partial charge in [0.2, 0.25) is 0 Å². The fourth-order valence-electron chi connectivity index (χ4n) is 1.51. The van der Waals surface area contributed by atoms with E-state index in [-0.39, 0.29) is 0 Å². The van der Waals surface area contributed by atoms with Crippen molar-refractivity contribution in [3.63, 3.8) is 0 Å². The molecule has 0 fully saturated rings. The second-order valence-electron chi connectivity index (χ2n) is 3.78. The molecule has 0 bridgehead atoms. The fourth-order valence-corrected chi connectivity index (χ4v) is 2.41. The van der Waals surface area contributed by atoms with Crippen LogP contribution in [0.4, 0.5) is 0 Å². The molecule has 1 N–H and O–H groups in total. The zero-order chi connectivity index (χ0) is 11.8. The van der Waals surface area contributed by atoms with Gasteiger partial charge in [0.05, 0.1) is 0 Å². The van der Waals surface area contributed by atoms with E-state index in [4.69, 9.17) is 0 Å². The molecular weight excluding hydrogens is 282 g/mol. The average Bonchev–Trinajstić information content (AvgIpc) is 2.29. The third-order valence-corrected chi connectivity index (χ3v) is 4.00. The van der Waals surface area contributed by atoms with E-state index < -0.39 is 0 Å². The van der Waals surface area contributed by atoms with Gasteiger partial charge in [-0.2, -0.15) is 11.8 Å². The van der Waals surface area contributed by atoms with Gasteiger partial charge in [0.25, 0.3) is 0 Å². The fraction of sp³-hybridized carbons (Fsp3) is 0.538. The number of halogens is 1. The number of rotatable bonds is 7. The molecule has 1 unspecified atom stereocenters. The van der Waals surface area contributed by atoms with Crippen LogP contribution in [0, 0.1) is 0 Å². The van der Waals surface area contributed by atoms with E-state index in [1.807, 2.05) is 11.8 Å². The van der Waals surface area contributed by atoms with Crippen molar-refractivity contribution in [2.75, 3.05) is 18.1 Å². The zero-order valence-electron chi connectivity index (χ0n) is 10.0. The first-order valence-corrected chi connectivity index (χ1v) is 7.75. The Labute approximate surface area is 112 Å². The van der Waals surface area contributed by atoms with Crippen molar-refractivity contribution in [1.29, 1.82) is 0 Å². The lowest BCUT2D eigenvalue weighted by molar-refractivity contribution is 0.572. The number of thioether (sulfide) groups is 1. The van der Waals surface area contributed by atoms with E-state index in [1.54, 1.807) is 0 Å². The Balaban J connectivity index is 2.24. The summed E-state index contributed by atoms with van der Waals surface area (Å²) in [7, 11) is 0. The van der Waals surface area contributed by atoms with E-state index in [0.29, 0.717) is 6.04 Å². The second kappa shape index (κ2) is 8.15. The summed E-state index contributed by atoms with van der Waals surface area (Å²) < 4.78 is 1.14. The number of hydrogen-bond donors (Lipinski definition) is 1. The minimum atomic E-state index is 0.444. The number of hydrogen-bond acceptors (Lipinski definition) is 2. The van der Waals surface area contributed by atoms with Crippen molar-refractivity contribution >= 4 is 27.7 Å². The Morgan fingerprint density at radius 1 is 1.31 bits per heavy atom. The van der Waals surface area contributed by atoms with Gasteiger partial charge in [-0.3, -0.25) is 0 Å². The van der Waals surface area contributed by atoms with Gasteiger partial charge in [-0.25, -0.2) is 0 Å². The molecule has 0 heterocycles. The van der Waals surface area contributed by atoms with E-state index in [2.05, 4.69) is 59.4 Å². The highest BCUT2D eigenvalue weighted by Crippen LogP contribution is 2.16. The van der Waals surface area contributed by atoms with Crippen LogP contribution in [-0.4, -0.2) is 18.1 Å². The first-order chi connectivity index (χ1) is 7.74. The monoisotopic (exact) mass is 301 g/mol. The van der Waals surface area contributed by atoms with Crippen LogP contribution < -0.4 is 5.32 Å². The summed E-state index contributed by atoms with van der Waals surface area (Å²) in [6.07, 6.45) is 1.25. The van der Waals surface area contributed by atoms with Gasteiger partial charge in [0, 0.05) is 10.5 Å². The first-order valence-electron chi connectivity index (χ1n) is 5.80. The molecule has 3 heteroatoms. The quantitative estimate of drug-likeness (QED) is 0.756. The largest absolute Gasteiger partial charge is 0.310 e. The summed E-state index contributed by atoms with van der Waals surface area (Å²) in [6, 6.07) is 8.98. The number of benzene rings is 1. The summed E-state index contributed by atoms with van der Waals surface area (Å²) in [5.41, 5.74) is 1.35. The van der Waals surface area contributed by atoms with Gasteiger partial charge in [0.15, 0.2) is 0 Å². The molecule has 0 amide bonds. The van der Waals surface area contributed by atoms with Crippen LogP contribution in [-0.2, 0) is 0 Å². The molecule has 1 aromatic carbocycles. The van der Waals surface area contributed by atoms with Crippen LogP contribution in [0.2, 0.25) is 0 Å². The Morgan fingerprint density at radius 3 is 2.62 bits per heavy atom. The Bertz CT molecular complexity index is 286. The van der Waals surface area contributed by atoms with E-state index in [9.17, 15) is 0 Å². The second-order valence-corrected chi connectivity index (χ2v) is 6.09. The lowest BCUT2D eigenvalue weighted by Crippen LogP contribution is -2.20. The Hall–Kier alpha value is 0.01000. The molecule has 0 saturated carbocycles. The summed E-state index contributed by atoms with van der Waals surface area (Å²) in [6.45, 7) is 5.53. The molecule has 1 nitrogen and oxygen atoms in total. The topological polar surface area (TPSA) is 12.0 Å². The predicted octanol–water partition coefficient (Wildman–Crippen LogP) is 4.24. The van der Waals surface area contributed by atoms with Crippen molar-refractivity contribution in [3.8, 4) is 0 Å². The van der Waals surface area contributed by atoms with Gasteiger partial charge in [-0.1, -0.05) is 35.0 Å². The molecule has 90 valence electrons. The molecule has 0 aromatic heterocycles. The molecule has 1 aromatic rings. The third kappa shape index (κ3) is 5.37. The molecular formula is C13H20BrNS. The maximum Gasteiger partial charge on any atom is 0.0291 e. The maximum atomic E-state index is 3.55. The van der Waals surface area contributed by atoms with Gasteiger partial charge in [-0.15, -0.1) is 0 Å². The van der Waals surface area contributed by atoms with Crippen molar-refractivity contribution in [2.24, 2.45) is 0 Å². The van der Waals surface area contributed by atoms with Crippen LogP contribution in [0.15, 0.2) is 28.7 Å². The maximum absolute atomic E-state index is 3.55. The van der Waals surface area contributed by atoms with Crippen molar-refractivity contribution in [2.45, 2.75) is 26.3 Å². The average molecular weight is 302 g/mol. The van der Waals surface area contributed by atoms with Gasteiger partial charge >= 0.3 is 0 Å². The summed E-state index contributed by atoms with van der Waals surface area (Å²) in [5, 5.41) is 3.55. The lowest BCUT2D eigenvalue weighted by Gasteiger charge is -2.14. The Kier molecular flexibility index (Phi) is 7.17. The third-order valence-electron chi connectivity index (χ3n) is 2.49. The van der Waals surface area contributed by atoms with Crippen LogP contribution in [0.3, 0.4) is 0 Å². The summed E-state index contributed by atoms with van der Waals surface area (Å²) >= 11 is 5.46. The standard InChI is InChI=1S/C13H20BrNS/c1-3-16-10-4-9-15-11(2)12-5-7-13(14)8-6-12/h5-8,11,15H,3-4,9-10H2,1-2H3. The van der Waals surface area contributed by atoms with Crippen molar-refractivity contribution in [3.05, 3.63) is 34.3 Å². The summed E-state index contributed by atoms with van der Waals surface area (Å²) in [5.74, 6) is 2.48. The lowest BCUT2D eigenvalue weighted by atomic mass is 10.1. The summed E-state index contributed by atoms with van der Waals surface area (Å²) in [4.78, 5) is 0. The minimum Gasteiger partial charge on any atom is -0.310 e. The van der Waals surface area contributed by atoms with Gasteiger partial charge in [0.1, 0.15) is 0 Å². The Morgan fingerprint density at radius 2 is 2.00 bits per heavy atom. The normalized spacial score (nSPS) is 12.7. The van der Waals surface area contributed by atoms with Crippen LogP contribution >= 0.6 is 27.7 Å². The van der Waals surface area contributed by atoms with Crippen molar-refractivity contribution in [1.82, 2.24) is 5.32 Å². The number of nitrogens with one attached hydrogen (secondary N) is 1. The molecule has 1 rings (SSSR count). The van der Waals surface area contributed by atoms with Crippen LogP contribution in [0.5, 0.6) is 0 Å². The van der Waals surface area contributed by atoms with Gasteiger partial charge in [-0.05, 0) is 49.1 Å². The SMILES string of the molecule is CCSCCCNC(C)c1ccc(Br)cc1. The molecule has 0 aliphatic carbocycles. The van der Waals surface area contributed by atoms with Crippen LogP contribution in [0.1, 0.15) is 31.9 Å². The molecule has 0 aliphatic heterocycles. The van der Waals surface area contributed by atoms with Crippen LogP contribution in [0.25, 0.3) is 0 Å². The molecule has 0 aliphatic rings. The highest BCUT2D eigenvalue weighted by Gasteiger charge is 2.03.